The summed E-state index contributed by atoms with van der Waals surface area (Å²) < 4.78 is 10.7. The second-order valence-corrected chi connectivity index (χ2v) is 7.71. The van der Waals surface area contributed by atoms with Crippen LogP contribution < -0.4 is 19.7 Å². The topological polar surface area (TPSA) is 88.2 Å². The van der Waals surface area contributed by atoms with Gasteiger partial charge in [-0.05, 0) is 50.6 Å². The number of carbonyl (C=O) groups excluding carboxylic acids is 3. The molecule has 2 aromatic carbocycles. The molecule has 0 aliphatic carbocycles. The number of amides is 4. The Bertz CT molecular complexity index is 1010. The van der Waals surface area contributed by atoms with Gasteiger partial charge in [-0.25, -0.2) is 4.79 Å². The summed E-state index contributed by atoms with van der Waals surface area (Å²) in [6, 6.07) is 13.5. The van der Waals surface area contributed by atoms with E-state index in [0.717, 1.165) is 4.90 Å². The van der Waals surface area contributed by atoms with Crippen molar-refractivity contribution in [3.05, 3.63) is 54.1 Å². The molecule has 4 rings (SSSR count). The molecule has 0 saturated carbocycles. The lowest BCUT2D eigenvalue weighted by Crippen LogP contribution is -2.46. The zero-order valence-corrected chi connectivity index (χ0v) is 17.0. The number of hydrogen-bond donors (Lipinski definition) is 1. The van der Waals surface area contributed by atoms with Gasteiger partial charge in [0, 0.05) is 11.7 Å². The minimum atomic E-state index is -1.30. The number of imide groups is 1. The molecule has 8 nitrogen and oxygen atoms in total. The number of hydrogen-bond acceptors (Lipinski definition) is 5. The largest absolute Gasteiger partial charge is 0.454 e. The van der Waals surface area contributed by atoms with Gasteiger partial charge in [0.25, 0.3) is 5.91 Å². The van der Waals surface area contributed by atoms with Crippen molar-refractivity contribution in [3.8, 4) is 11.5 Å². The summed E-state index contributed by atoms with van der Waals surface area (Å²) in [4.78, 5) is 41.4. The normalized spacial score (nSPS) is 19.9. The van der Waals surface area contributed by atoms with E-state index < -0.39 is 17.5 Å². The van der Waals surface area contributed by atoms with Gasteiger partial charge in [-0.2, -0.15) is 0 Å². The standard InChI is InChI=1S/C22H23N3O5/c1-14(2)25(16-7-5-4-6-8-16)19(26)12-24-20(27)22(3,23-21(24)28)15-9-10-17-18(11-15)30-13-29-17/h4-11,14H,12-13H2,1-3H3,(H,23,28)/t22-/m1/s1. The van der Waals surface area contributed by atoms with E-state index in [1.807, 2.05) is 44.2 Å². The number of ether oxygens (including phenoxy) is 2. The Hall–Kier alpha value is -3.55. The molecular weight excluding hydrogens is 386 g/mol. The fourth-order valence-corrected chi connectivity index (χ4v) is 3.77. The molecule has 2 aromatic rings. The summed E-state index contributed by atoms with van der Waals surface area (Å²) in [5.41, 5.74) is -0.0276. The highest BCUT2D eigenvalue weighted by atomic mass is 16.7. The van der Waals surface area contributed by atoms with Crippen LogP contribution in [0.4, 0.5) is 10.5 Å². The molecular formula is C22H23N3O5. The number of anilines is 1. The maximum atomic E-state index is 13.2. The molecule has 156 valence electrons. The van der Waals surface area contributed by atoms with Crippen LogP contribution in [0.25, 0.3) is 0 Å². The summed E-state index contributed by atoms with van der Waals surface area (Å²) in [6.45, 7) is 5.15. The first-order valence-electron chi connectivity index (χ1n) is 9.72. The van der Waals surface area contributed by atoms with E-state index in [1.165, 1.54) is 0 Å². The molecule has 8 heteroatoms. The third kappa shape index (κ3) is 3.24. The molecule has 1 atom stereocenters. The van der Waals surface area contributed by atoms with Gasteiger partial charge < -0.3 is 19.7 Å². The van der Waals surface area contributed by atoms with E-state index in [4.69, 9.17) is 9.47 Å². The van der Waals surface area contributed by atoms with Crippen molar-refractivity contribution in [2.24, 2.45) is 0 Å². The van der Waals surface area contributed by atoms with Gasteiger partial charge in [-0.3, -0.25) is 14.5 Å². The highest BCUT2D eigenvalue weighted by Crippen LogP contribution is 2.37. The number of nitrogens with zero attached hydrogens (tertiary/aromatic N) is 2. The summed E-state index contributed by atoms with van der Waals surface area (Å²) in [6.07, 6.45) is 0. The van der Waals surface area contributed by atoms with Crippen molar-refractivity contribution in [3.63, 3.8) is 0 Å². The van der Waals surface area contributed by atoms with E-state index >= 15 is 0 Å². The summed E-state index contributed by atoms with van der Waals surface area (Å²) in [5, 5.41) is 2.72. The molecule has 2 heterocycles. The molecule has 30 heavy (non-hydrogen) atoms. The minimum absolute atomic E-state index is 0.112. The zero-order chi connectivity index (χ0) is 21.5. The molecule has 1 fully saturated rings. The summed E-state index contributed by atoms with van der Waals surface area (Å²) in [5.74, 6) is 0.271. The van der Waals surface area contributed by atoms with Crippen molar-refractivity contribution < 1.29 is 23.9 Å². The van der Waals surface area contributed by atoms with E-state index in [9.17, 15) is 14.4 Å². The Morgan fingerprint density at radius 2 is 1.83 bits per heavy atom. The highest BCUT2D eigenvalue weighted by Gasteiger charge is 2.50. The molecule has 0 bridgehead atoms. The van der Waals surface area contributed by atoms with E-state index in [2.05, 4.69) is 5.32 Å². The average molecular weight is 409 g/mol. The number of urea groups is 1. The van der Waals surface area contributed by atoms with Crippen molar-refractivity contribution in [2.45, 2.75) is 32.4 Å². The lowest BCUT2D eigenvalue weighted by Gasteiger charge is -2.28. The summed E-state index contributed by atoms with van der Waals surface area (Å²) in [7, 11) is 0. The Morgan fingerprint density at radius 3 is 2.53 bits per heavy atom. The number of rotatable bonds is 5. The lowest BCUT2D eigenvalue weighted by atomic mass is 9.91. The fraction of sp³-hybridized carbons (Fsp3) is 0.318. The van der Waals surface area contributed by atoms with Gasteiger partial charge in [0.15, 0.2) is 11.5 Å². The molecule has 2 aliphatic rings. The molecule has 1 N–H and O–H groups in total. The zero-order valence-electron chi connectivity index (χ0n) is 17.0. The first-order chi connectivity index (χ1) is 14.3. The van der Waals surface area contributed by atoms with Crippen molar-refractivity contribution >= 4 is 23.5 Å². The van der Waals surface area contributed by atoms with Crippen LogP contribution in [0, 0.1) is 0 Å². The molecule has 0 aromatic heterocycles. The molecule has 2 aliphatic heterocycles. The molecule has 4 amide bonds. The number of nitrogens with one attached hydrogen (secondary N) is 1. The monoisotopic (exact) mass is 409 g/mol. The van der Waals surface area contributed by atoms with E-state index in [1.54, 1.807) is 30.0 Å². The predicted octanol–water partition coefficient (Wildman–Crippen LogP) is 2.62. The van der Waals surface area contributed by atoms with Crippen molar-refractivity contribution in [2.75, 3.05) is 18.2 Å². The number of benzene rings is 2. The second kappa shape index (κ2) is 7.37. The second-order valence-electron chi connectivity index (χ2n) is 7.71. The van der Waals surface area contributed by atoms with Crippen LogP contribution >= 0.6 is 0 Å². The Morgan fingerprint density at radius 1 is 1.13 bits per heavy atom. The quantitative estimate of drug-likeness (QED) is 0.767. The van der Waals surface area contributed by atoms with E-state index in [-0.39, 0.29) is 25.3 Å². The number of carbonyl (C=O) groups is 3. The highest BCUT2D eigenvalue weighted by molar-refractivity contribution is 6.10. The van der Waals surface area contributed by atoms with Crippen LogP contribution in [0.3, 0.4) is 0 Å². The van der Waals surface area contributed by atoms with Crippen LogP contribution in [0.1, 0.15) is 26.3 Å². The van der Waals surface area contributed by atoms with Gasteiger partial charge in [-0.1, -0.05) is 24.3 Å². The average Bonchev–Trinajstić information content (AvgIpc) is 3.27. The fourth-order valence-electron chi connectivity index (χ4n) is 3.77. The van der Waals surface area contributed by atoms with Gasteiger partial charge in [-0.15, -0.1) is 0 Å². The van der Waals surface area contributed by atoms with Gasteiger partial charge in [0.1, 0.15) is 12.1 Å². The molecule has 0 spiro atoms. The van der Waals surface area contributed by atoms with Gasteiger partial charge in [0.05, 0.1) is 0 Å². The summed E-state index contributed by atoms with van der Waals surface area (Å²) >= 11 is 0. The Kier molecular flexibility index (Phi) is 4.85. The lowest BCUT2D eigenvalue weighted by molar-refractivity contribution is -0.134. The van der Waals surface area contributed by atoms with Crippen LogP contribution in [0.5, 0.6) is 11.5 Å². The van der Waals surface area contributed by atoms with Crippen molar-refractivity contribution in [1.82, 2.24) is 10.2 Å². The smallest absolute Gasteiger partial charge is 0.325 e. The number of fused-ring (bicyclic) bond motifs is 1. The molecule has 1 saturated heterocycles. The number of para-hydroxylation sites is 1. The first-order valence-corrected chi connectivity index (χ1v) is 9.72. The Balaban J connectivity index is 1.57. The first kappa shape index (κ1) is 19.8. The minimum Gasteiger partial charge on any atom is -0.454 e. The Labute approximate surface area is 174 Å². The van der Waals surface area contributed by atoms with Crippen LogP contribution in [0.2, 0.25) is 0 Å². The predicted molar refractivity (Wildman–Crippen MR) is 109 cm³/mol. The third-order valence-electron chi connectivity index (χ3n) is 5.34. The van der Waals surface area contributed by atoms with Crippen molar-refractivity contribution in [1.29, 1.82) is 0 Å². The molecule has 0 radical (unpaired) electrons. The van der Waals surface area contributed by atoms with Crippen LogP contribution in [-0.2, 0) is 15.1 Å². The third-order valence-corrected chi connectivity index (χ3v) is 5.34. The van der Waals surface area contributed by atoms with E-state index in [0.29, 0.717) is 22.7 Å². The van der Waals surface area contributed by atoms with Crippen LogP contribution in [-0.4, -0.2) is 42.1 Å². The van der Waals surface area contributed by atoms with Gasteiger partial charge in [0.2, 0.25) is 12.7 Å². The van der Waals surface area contributed by atoms with Gasteiger partial charge >= 0.3 is 6.03 Å². The van der Waals surface area contributed by atoms with Crippen LogP contribution in [0.15, 0.2) is 48.5 Å². The SMILES string of the molecule is CC(C)N(C(=O)CN1C(=O)N[C@](C)(c2ccc3c(c2)OCO3)C1=O)c1ccccc1. The maximum Gasteiger partial charge on any atom is 0.325 e. The molecule has 0 unspecified atom stereocenters. The maximum absolute atomic E-state index is 13.2.